The van der Waals surface area contributed by atoms with E-state index in [0.717, 1.165) is 41.8 Å². The van der Waals surface area contributed by atoms with E-state index in [1.165, 1.54) is 0 Å². The van der Waals surface area contributed by atoms with E-state index in [0.29, 0.717) is 35.0 Å². The van der Waals surface area contributed by atoms with Crippen LogP contribution in [0.3, 0.4) is 0 Å². The van der Waals surface area contributed by atoms with E-state index in [-0.39, 0.29) is 18.2 Å². The van der Waals surface area contributed by atoms with Gasteiger partial charge in [0.15, 0.2) is 0 Å². The second kappa shape index (κ2) is 13.6. The zero-order valence-corrected chi connectivity index (χ0v) is 24.3. The average molecular weight is 575 g/mol. The number of unbranched alkanes of at least 4 members (excludes halogenated alkanes) is 1. The van der Waals surface area contributed by atoms with E-state index >= 15 is 0 Å². The lowest BCUT2D eigenvalue weighted by atomic mass is 9.90. The van der Waals surface area contributed by atoms with Crippen molar-refractivity contribution >= 4 is 52.2 Å². The molecule has 4 rings (SSSR count). The number of carboxylic acid groups (broad SMARTS) is 1. The van der Waals surface area contributed by atoms with Gasteiger partial charge in [-0.1, -0.05) is 41.9 Å². The van der Waals surface area contributed by atoms with Crippen molar-refractivity contribution in [2.45, 2.75) is 38.0 Å². The number of benzene rings is 3. The van der Waals surface area contributed by atoms with Gasteiger partial charge in [-0.3, -0.25) is 19.4 Å². The number of amides is 2. The lowest BCUT2D eigenvalue weighted by molar-refractivity contribution is -0.137. The number of hydrogen-bond acceptors (Lipinski definition) is 5. The number of aryl methyl sites for hydroxylation is 1. The Morgan fingerprint density at radius 3 is 2.32 bits per heavy atom. The van der Waals surface area contributed by atoms with E-state index in [1.807, 2.05) is 68.7 Å². The minimum absolute atomic E-state index is 0.0405. The molecule has 1 aliphatic rings. The fourth-order valence-corrected chi connectivity index (χ4v) is 4.97. The molecule has 9 heteroatoms. The Labute approximate surface area is 245 Å². The van der Waals surface area contributed by atoms with Crippen molar-refractivity contribution in [3.63, 3.8) is 0 Å². The van der Waals surface area contributed by atoms with E-state index in [1.54, 1.807) is 24.1 Å². The molecule has 3 aromatic carbocycles. The smallest absolute Gasteiger partial charge is 0.303 e. The maximum absolute atomic E-state index is 13.2. The first kappa shape index (κ1) is 30.0. The summed E-state index contributed by atoms with van der Waals surface area (Å²) in [4.78, 5) is 45.6. The number of carboxylic acids is 1. The molecule has 0 saturated carbocycles. The molecule has 1 aliphatic heterocycles. The molecule has 2 amide bonds. The first-order valence-electron chi connectivity index (χ1n) is 13.6. The topological polar surface area (TPSA) is 102 Å². The first-order chi connectivity index (χ1) is 19.6. The van der Waals surface area contributed by atoms with Crippen molar-refractivity contribution in [2.24, 2.45) is 4.99 Å². The second-order valence-electron chi connectivity index (χ2n) is 10.5. The van der Waals surface area contributed by atoms with Gasteiger partial charge in [0, 0.05) is 36.3 Å². The van der Waals surface area contributed by atoms with Crippen LogP contribution in [0.5, 0.6) is 0 Å². The van der Waals surface area contributed by atoms with Crippen LogP contribution in [0.25, 0.3) is 0 Å². The van der Waals surface area contributed by atoms with Crippen LogP contribution in [0.2, 0.25) is 5.02 Å². The molecule has 41 heavy (non-hydrogen) atoms. The van der Waals surface area contributed by atoms with Gasteiger partial charge in [0.2, 0.25) is 11.8 Å². The van der Waals surface area contributed by atoms with Crippen molar-refractivity contribution in [3.05, 3.63) is 88.4 Å². The molecule has 0 saturated heterocycles. The summed E-state index contributed by atoms with van der Waals surface area (Å²) in [5, 5.41) is 12.5. The number of nitrogens with one attached hydrogen (secondary N) is 1. The maximum Gasteiger partial charge on any atom is 0.303 e. The Hall–Kier alpha value is -4.01. The predicted molar refractivity (Wildman–Crippen MR) is 164 cm³/mol. The van der Waals surface area contributed by atoms with Crippen molar-refractivity contribution in [3.8, 4) is 0 Å². The fraction of sp³-hybridized carbons (Fsp3) is 0.312. The molecular weight excluding hydrogens is 540 g/mol. The molecule has 1 heterocycles. The van der Waals surface area contributed by atoms with Gasteiger partial charge in [-0.2, -0.15) is 0 Å². The predicted octanol–water partition coefficient (Wildman–Crippen LogP) is 5.91. The third kappa shape index (κ3) is 7.80. The summed E-state index contributed by atoms with van der Waals surface area (Å²) in [5.41, 5.74) is 5.04. The van der Waals surface area contributed by atoms with Crippen LogP contribution in [-0.4, -0.2) is 61.2 Å². The van der Waals surface area contributed by atoms with Crippen molar-refractivity contribution in [2.75, 3.05) is 37.9 Å². The summed E-state index contributed by atoms with van der Waals surface area (Å²) in [6, 6.07) is 20.2. The SMILES string of the molecule is CN(C)CCCCC(=O)N(C)c1ccc(N=C(c2ccc(CCC(=O)O)cc2)C2C(=O)Nc3cc(Cl)ccc32)cc1. The molecule has 2 N–H and O–H groups in total. The van der Waals surface area contributed by atoms with Gasteiger partial charge in [-0.05, 0) is 93.0 Å². The quantitative estimate of drug-likeness (QED) is 0.207. The minimum atomic E-state index is -0.852. The molecule has 0 aromatic heterocycles. The van der Waals surface area contributed by atoms with Crippen molar-refractivity contribution < 1.29 is 19.5 Å². The van der Waals surface area contributed by atoms with Gasteiger partial charge in [0.05, 0.1) is 11.4 Å². The highest BCUT2D eigenvalue weighted by Gasteiger charge is 2.35. The first-order valence-corrected chi connectivity index (χ1v) is 14.0. The van der Waals surface area contributed by atoms with Crippen LogP contribution in [0.1, 0.15) is 48.3 Å². The Balaban J connectivity index is 1.61. The number of nitrogens with zero attached hydrogens (tertiary/aromatic N) is 3. The molecule has 0 aliphatic carbocycles. The van der Waals surface area contributed by atoms with Gasteiger partial charge >= 0.3 is 5.97 Å². The van der Waals surface area contributed by atoms with Crippen LogP contribution in [0.4, 0.5) is 17.1 Å². The average Bonchev–Trinajstić information content (AvgIpc) is 3.27. The van der Waals surface area contributed by atoms with E-state index in [2.05, 4.69) is 10.2 Å². The summed E-state index contributed by atoms with van der Waals surface area (Å²) in [6.07, 6.45) is 2.73. The molecule has 0 spiro atoms. The lowest BCUT2D eigenvalue weighted by Crippen LogP contribution is -2.26. The molecular formula is C32H35ClN4O4. The largest absolute Gasteiger partial charge is 0.481 e. The molecule has 0 fully saturated rings. The molecule has 0 radical (unpaired) electrons. The number of aliphatic imine (C=N–C) groups is 1. The van der Waals surface area contributed by atoms with E-state index in [9.17, 15) is 14.4 Å². The number of carbonyl (C=O) groups is 3. The van der Waals surface area contributed by atoms with E-state index < -0.39 is 11.9 Å². The van der Waals surface area contributed by atoms with E-state index in [4.69, 9.17) is 21.7 Å². The normalized spacial score (nSPS) is 14.6. The summed E-state index contributed by atoms with van der Waals surface area (Å²) in [6.45, 7) is 0.952. The van der Waals surface area contributed by atoms with Gasteiger partial charge < -0.3 is 20.2 Å². The Bertz CT molecular complexity index is 1440. The second-order valence-corrected chi connectivity index (χ2v) is 10.9. The molecule has 0 bridgehead atoms. The monoisotopic (exact) mass is 574 g/mol. The number of halogens is 1. The third-order valence-corrected chi connectivity index (χ3v) is 7.34. The minimum Gasteiger partial charge on any atom is -0.481 e. The van der Waals surface area contributed by atoms with Gasteiger partial charge in [-0.25, -0.2) is 0 Å². The molecule has 1 atom stereocenters. The molecule has 214 valence electrons. The number of anilines is 2. The number of carbonyl (C=O) groups excluding carboxylic acids is 2. The third-order valence-electron chi connectivity index (χ3n) is 7.10. The lowest BCUT2D eigenvalue weighted by Gasteiger charge is -2.18. The summed E-state index contributed by atoms with van der Waals surface area (Å²) < 4.78 is 0. The van der Waals surface area contributed by atoms with Crippen molar-refractivity contribution in [1.29, 1.82) is 0 Å². The molecule has 8 nitrogen and oxygen atoms in total. The van der Waals surface area contributed by atoms with Gasteiger partial charge in [0.1, 0.15) is 5.92 Å². The highest BCUT2D eigenvalue weighted by Crippen LogP contribution is 2.38. The number of aliphatic carboxylic acids is 1. The number of fused-ring (bicyclic) bond motifs is 1. The standard InChI is InChI=1S/C32H35ClN4O4/c1-36(2)19-5-4-6-28(38)37(3)25-15-13-24(14-16-25)34-31(22-10-7-21(8-11-22)9-18-29(39)40)30-26-17-12-23(33)20-27(26)35-32(30)41/h7-8,10-17,20,30H,4-6,9,18-19H2,1-3H3,(H,35,41)(H,39,40). The van der Waals surface area contributed by atoms with Crippen LogP contribution in [0.15, 0.2) is 71.7 Å². The maximum atomic E-state index is 13.2. The van der Waals surface area contributed by atoms with Crippen molar-refractivity contribution in [1.82, 2.24) is 4.90 Å². The van der Waals surface area contributed by atoms with Crippen LogP contribution in [-0.2, 0) is 20.8 Å². The van der Waals surface area contributed by atoms with Crippen LogP contribution >= 0.6 is 11.6 Å². The summed E-state index contributed by atoms with van der Waals surface area (Å²) in [7, 11) is 5.82. The van der Waals surface area contributed by atoms with Crippen LogP contribution in [0, 0.1) is 0 Å². The zero-order chi connectivity index (χ0) is 29.5. The number of hydrogen-bond donors (Lipinski definition) is 2. The zero-order valence-electron chi connectivity index (χ0n) is 23.6. The Morgan fingerprint density at radius 2 is 1.66 bits per heavy atom. The van der Waals surface area contributed by atoms with Crippen LogP contribution < -0.4 is 10.2 Å². The van der Waals surface area contributed by atoms with Gasteiger partial charge in [0.25, 0.3) is 0 Å². The Kier molecular flexibility index (Phi) is 9.91. The highest BCUT2D eigenvalue weighted by molar-refractivity contribution is 6.31. The Morgan fingerprint density at radius 1 is 0.951 bits per heavy atom. The summed E-state index contributed by atoms with van der Waals surface area (Å²) in [5.74, 6) is -1.65. The summed E-state index contributed by atoms with van der Waals surface area (Å²) >= 11 is 6.17. The molecule has 1 unspecified atom stereocenters. The number of rotatable bonds is 12. The fourth-order valence-electron chi connectivity index (χ4n) is 4.80. The van der Waals surface area contributed by atoms with Gasteiger partial charge in [-0.15, -0.1) is 0 Å². The molecule has 3 aromatic rings. The highest BCUT2D eigenvalue weighted by atomic mass is 35.5.